The number of anilines is 1. The van der Waals surface area contributed by atoms with Crippen LogP contribution in [-0.2, 0) is 21.0 Å². The molecule has 0 unspecified atom stereocenters. The Kier molecular flexibility index (Phi) is 6.75. The first kappa shape index (κ1) is 22.5. The number of nitrogens with one attached hydrogen (secondary N) is 1. The van der Waals surface area contributed by atoms with E-state index in [1.165, 1.54) is 12.1 Å². The Morgan fingerprint density at radius 2 is 1.93 bits per heavy atom. The Bertz CT molecular complexity index is 1040. The molecule has 0 atom stereocenters. The number of halogens is 4. The smallest absolute Gasteiger partial charge is 0.416 e. The Morgan fingerprint density at radius 1 is 1.28 bits per heavy atom. The van der Waals surface area contributed by atoms with Crippen LogP contribution in [0, 0.1) is 0 Å². The highest BCUT2D eigenvalue weighted by atomic mass is 35.5. The number of para-hydroxylation sites is 1. The third-order valence-electron chi connectivity index (χ3n) is 3.56. The highest BCUT2D eigenvalue weighted by Crippen LogP contribution is 2.36. The number of phenolic OH excluding ortho intramolecular Hbond substituents is 1. The molecule has 7 nitrogen and oxygen atoms in total. The number of hydrazone groups is 1. The van der Waals surface area contributed by atoms with Crippen molar-refractivity contribution in [3.8, 4) is 5.75 Å². The van der Waals surface area contributed by atoms with Crippen LogP contribution in [0.15, 0.2) is 47.6 Å². The van der Waals surface area contributed by atoms with Gasteiger partial charge in [0.1, 0.15) is 12.3 Å². The molecule has 0 saturated heterocycles. The Labute approximate surface area is 169 Å². The molecular weight excluding hydrogens is 435 g/mol. The number of benzene rings is 2. The molecule has 0 saturated carbocycles. The van der Waals surface area contributed by atoms with Crippen LogP contribution < -0.4 is 9.73 Å². The largest absolute Gasteiger partial charge is 0.507 e. The van der Waals surface area contributed by atoms with Crippen LogP contribution in [0.3, 0.4) is 0 Å². The molecular formula is C17H15ClF3N3O4S. The number of carbonyl (C=O) groups excluding carboxylic acids is 1. The van der Waals surface area contributed by atoms with Gasteiger partial charge in [-0.1, -0.05) is 23.7 Å². The maximum Gasteiger partial charge on any atom is 0.416 e. The standard InChI is InChI=1S/C17H15ClF3N3O4S/c1-29(27,28)24(14-8-12(17(19,20)21)6-7-13(14)18)10-16(26)23-22-9-11-4-2-3-5-15(11)25/h2-9,25H,10H2,1H3,(H,23,26)/b22-9-. The average Bonchev–Trinajstić information content (AvgIpc) is 2.60. The molecule has 0 aromatic heterocycles. The van der Waals surface area contributed by atoms with Crippen molar-refractivity contribution in [1.29, 1.82) is 0 Å². The first-order valence-corrected chi connectivity index (χ1v) is 10.1. The molecule has 156 valence electrons. The number of amides is 1. The molecule has 0 radical (unpaired) electrons. The minimum atomic E-state index is -4.73. The molecule has 2 N–H and O–H groups in total. The van der Waals surface area contributed by atoms with Gasteiger partial charge in [0.2, 0.25) is 10.0 Å². The predicted octanol–water partition coefficient (Wildman–Crippen LogP) is 2.98. The van der Waals surface area contributed by atoms with E-state index < -0.39 is 39.9 Å². The van der Waals surface area contributed by atoms with Crippen LogP contribution in [0.4, 0.5) is 18.9 Å². The fourth-order valence-electron chi connectivity index (χ4n) is 2.20. The van der Waals surface area contributed by atoms with Gasteiger partial charge in [-0.3, -0.25) is 9.10 Å². The molecule has 1 amide bonds. The molecule has 0 fully saturated rings. The van der Waals surface area contributed by atoms with Crippen molar-refractivity contribution in [2.45, 2.75) is 6.18 Å². The topological polar surface area (TPSA) is 99.1 Å². The summed E-state index contributed by atoms with van der Waals surface area (Å²) >= 11 is 5.87. The molecule has 0 aliphatic rings. The number of carbonyl (C=O) groups is 1. The van der Waals surface area contributed by atoms with Crippen LogP contribution in [0.2, 0.25) is 5.02 Å². The van der Waals surface area contributed by atoms with Crippen molar-refractivity contribution in [2.75, 3.05) is 17.1 Å². The zero-order chi connectivity index (χ0) is 21.8. The third-order valence-corrected chi connectivity index (χ3v) is 5.01. The van der Waals surface area contributed by atoms with Gasteiger partial charge in [-0.05, 0) is 30.3 Å². The summed E-state index contributed by atoms with van der Waals surface area (Å²) in [6.07, 6.45) is -2.88. The minimum absolute atomic E-state index is 0.0981. The van der Waals surface area contributed by atoms with Gasteiger partial charge in [-0.15, -0.1) is 0 Å². The number of nitrogens with zero attached hydrogens (tertiary/aromatic N) is 2. The van der Waals surface area contributed by atoms with Crippen LogP contribution in [-0.4, -0.2) is 38.4 Å². The van der Waals surface area contributed by atoms with Gasteiger partial charge in [-0.25, -0.2) is 13.8 Å². The highest BCUT2D eigenvalue weighted by Gasteiger charge is 2.33. The maximum atomic E-state index is 13.0. The number of hydrogen-bond acceptors (Lipinski definition) is 5. The number of aromatic hydroxyl groups is 1. The molecule has 0 aliphatic carbocycles. The van der Waals surface area contributed by atoms with E-state index >= 15 is 0 Å². The van der Waals surface area contributed by atoms with E-state index in [-0.39, 0.29) is 16.3 Å². The lowest BCUT2D eigenvalue weighted by molar-refractivity contribution is -0.137. The van der Waals surface area contributed by atoms with E-state index in [0.29, 0.717) is 16.4 Å². The molecule has 2 aromatic rings. The van der Waals surface area contributed by atoms with Crippen LogP contribution in [0.25, 0.3) is 0 Å². The van der Waals surface area contributed by atoms with E-state index in [1.807, 2.05) is 5.43 Å². The second-order valence-corrected chi connectivity index (χ2v) is 8.10. The summed E-state index contributed by atoms with van der Waals surface area (Å²) in [5.41, 5.74) is 0.711. The van der Waals surface area contributed by atoms with Crippen molar-refractivity contribution < 1.29 is 31.5 Å². The first-order chi connectivity index (χ1) is 13.4. The van der Waals surface area contributed by atoms with Gasteiger partial charge >= 0.3 is 6.18 Å². The summed E-state index contributed by atoms with van der Waals surface area (Å²) in [4.78, 5) is 12.1. The monoisotopic (exact) mass is 449 g/mol. The van der Waals surface area contributed by atoms with Crippen LogP contribution >= 0.6 is 11.6 Å². The second kappa shape index (κ2) is 8.70. The van der Waals surface area contributed by atoms with Crippen molar-refractivity contribution >= 4 is 39.4 Å². The maximum absolute atomic E-state index is 13.0. The number of hydrogen-bond donors (Lipinski definition) is 2. The van der Waals surface area contributed by atoms with Gasteiger partial charge in [0.15, 0.2) is 0 Å². The summed E-state index contributed by atoms with van der Waals surface area (Å²) in [5.74, 6) is -1.03. The number of phenols is 1. The summed E-state index contributed by atoms with van der Waals surface area (Å²) in [5, 5.41) is 12.9. The van der Waals surface area contributed by atoms with Crippen molar-refractivity contribution in [2.24, 2.45) is 5.10 Å². The van der Waals surface area contributed by atoms with Gasteiger partial charge in [0.05, 0.1) is 28.7 Å². The van der Waals surface area contributed by atoms with Crippen LogP contribution in [0.1, 0.15) is 11.1 Å². The fourth-order valence-corrected chi connectivity index (χ4v) is 3.33. The van der Waals surface area contributed by atoms with Gasteiger partial charge in [0.25, 0.3) is 5.91 Å². The summed E-state index contributed by atoms with van der Waals surface area (Å²) in [6.45, 7) is -0.863. The fraction of sp³-hybridized carbons (Fsp3) is 0.176. The lowest BCUT2D eigenvalue weighted by Crippen LogP contribution is -2.39. The molecule has 29 heavy (non-hydrogen) atoms. The van der Waals surface area contributed by atoms with Crippen molar-refractivity contribution in [1.82, 2.24) is 5.43 Å². The predicted molar refractivity (Wildman–Crippen MR) is 102 cm³/mol. The van der Waals surface area contributed by atoms with E-state index in [9.17, 15) is 31.5 Å². The van der Waals surface area contributed by atoms with E-state index in [2.05, 4.69) is 5.10 Å². The van der Waals surface area contributed by atoms with Gasteiger partial charge in [-0.2, -0.15) is 18.3 Å². The lowest BCUT2D eigenvalue weighted by atomic mass is 10.2. The second-order valence-electron chi connectivity index (χ2n) is 5.79. The van der Waals surface area contributed by atoms with Gasteiger partial charge < -0.3 is 5.11 Å². The summed E-state index contributed by atoms with van der Waals surface area (Å²) in [7, 11) is -4.15. The number of rotatable bonds is 6. The quantitative estimate of drug-likeness (QED) is 0.523. The zero-order valence-electron chi connectivity index (χ0n) is 14.8. The molecule has 0 spiro atoms. The number of sulfonamides is 1. The SMILES string of the molecule is CS(=O)(=O)N(CC(=O)N/N=C\c1ccccc1O)c1cc(C(F)(F)F)ccc1Cl. The van der Waals surface area contributed by atoms with Gasteiger partial charge in [0, 0.05) is 5.56 Å². The molecule has 0 bridgehead atoms. The Balaban J connectivity index is 2.24. The average molecular weight is 450 g/mol. The van der Waals surface area contributed by atoms with Crippen molar-refractivity contribution in [3.63, 3.8) is 0 Å². The zero-order valence-corrected chi connectivity index (χ0v) is 16.4. The van der Waals surface area contributed by atoms with Crippen LogP contribution in [0.5, 0.6) is 5.75 Å². The highest BCUT2D eigenvalue weighted by molar-refractivity contribution is 7.92. The molecule has 12 heteroatoms. The van der Waals surface area contributed by atoms with Crippen molar-refractivity contribution in [3.05, 3.63) is 58.6 Å². The number of alkyl halides is 3. The molecule has 0 aliphatic heterocycles. The Hall–Kier alpha value is -2.79. The first-order valence-electron chi connectivity index (χ1n) is 7.84. The molecule has 0 heterocycles. The van der Waals surface area contributed by atoms with E-state index in [4.69, 9.17) is 11.6 Å². The Morgan fingerprint density at radius 3 is 2.52 bits per heavy atom. The normalized spacial score (nSPS) is 12.2. The molecule has 2 rings (SSSR count). The van der Waals surface area contributed by atoms with E-state index in [0.717, 1.165) is 18.5 Å². The lowest BCUT2D eigenvalue weighted by Gasteiger charge is -2.23. The minimum Gasteiger partial charge on any atom is -0.507 e. The summed E-state index contributed by atoms with van der Waals surface area (Å²) in [6, 6.07) is 8.23. The molecule has 2 aromatic carbocycles. The van der Waals surface area contributed by atoms with E-state index in [1.54, 1.807) is 12.1 Å². The third kappa shape index (κ3) is 6.09. The summed E-state index contributed by atoms with van der Waals surface area (Å²) < 4.78 is 63.4.